The van der Waals surface area contributed by atoms with Crippen LogP contribution in [-0.4, -0.2) is 60.6 Å². The Kier molecular flexibility index (Phi) is 5.67. The van der Waals surface area contributed by atoms with Crippen LogP contribution in [0.2, 0.25) is 0 Å². The van der Waals surface area contributed by atoms with E-state index in [2.05, 4.69) is 28.8 Å². The highest BCUT2D eigenvalue weighted by molar-refractivity contribution is 7.09. The lowest BCUT2D eigenvalue weighted by molar-refractivity contribution is -0.138. The molecule has 2 aliphatic heterocycles. The fraction of sp³-hybridized carbons (Fsp3) is 0.765. The van der Waals surface area contributed by atoms with Crippen molar-refractivity contribution in [3.05, 3.63) is 16.1 Å². The molecule has 0 N–H and O–H groups in total. The Bertz CT molecular complexity index is 528. The molecule has 0 unspecified atom stereocenters. The molecule has 2 aliphatic rings. The van der Waals surface area contributed by atoms with Crippen molar-refractivity contribution < 1.29 is 9.53 Å². The van der Waals surface area contributed by atoms with Gasteiger partial charge >= 0.3 is 0 Å². The van der Waals surface area contributed by atoms with E-state index in [1.165, 1.54) is 4.88 Å². The number of nitrogens with zero attached hydrogens (tertiary/aromatic N) is 3. The lowest BCUT2D eigenvalue weighted by atomic mass is 10.0. The van der Waals surface area contributed by atoms with Crippen LogP contribution in [0.5, 0.6) is 0 Å². The smallest absolute Gasteiger partial charge is 0.228 e. The zero-order chi connectivity index (χ0) is 16.2. The molecule has 0 spiro atoms. The molecule has 0 aromatic carbocycles. The first-order valence-corrected chi connectivity index (χ1v) is 9.45. The second kappa shape index (κ2) is 7.73. The summed E-state index contributed by atoms with van der Waals surface area (Å²) in [5, 5.41) is 0. The van der Waals surface area contributed by atoms with Crippen molar-refractivity contribution in [2.24, 2.45) is 11.8 Å². The maximum Gasteiger partial charge on any atom is 0.228 e. The number of likely N-dealkylation sites (tertiary alicyclic amines) is 1. The number of hydrogen-bond acceptors (Lipinski definition) is 5. The molecule has 3 rings (SSSR count). The first-order chi connectivity index (χ1) is 11.1. The summed E-state index contributed by atoms with van der Waals surface area (Å²) < 4.78 is 5.46. The summed E-state index contributed by atoms with van der Waals surface area (Å²) in [4.78, 5) is 22.6. The van der Waals surface area contributed by atoms with Crippen LogP contribution in [0, 0.1) is 18.8 Å². The standard InChI is InChI=1S/C17H27N3O2S/c1-13-16(23-12-18-13)10-19(2)8-14-5-6-20(9-14)17(21)15-4-3-7-22-11-15/h12,14-15H,3-11H2,1-2H3/t14-,15-/m0/s1. The van der Waals surface area contributed by atoms with E-state index in [-0.39, 0.29) is 5.92 Å². The van der Waals surface area contributed by atoms with Crippen LogP contribution in [0.3, 0.4) is 0 Å². The van der Waals surface area contributed by atoms with Gasteiger partial charge in [-0.2, -0.15) is 0 Å². The number of thiazole rings is 1. The predicted molar refractivity (Wildman–Crippen MR) is 91.4 cm³/mol. The quantitative estimate of drug-likeness (QED) is 0.826. The Morgan fingerprint density at radius 2 is 2.39 bits per heavy atom. The second-order valence-corrected chi connectivity index (χ2v) is 7.85. The van der Waals surface area contributed by atoms with Gasteiger partial charge in [-0.15, -0.1) is 11.3 Å². The molecular weight excluding hydrogens is 310 g/mol. The maximum atomic E-state index is 12.6. The van der Waals surface area contributed by atoms with Gasteiger partial charge in [0.1, 0.15) is 0 Å². The van der Waals surface area contributed by atoms with Gasteiger partial charge in [0, 0.05) is 37.7 Å². The summed E-state index contributed by atoms with van der Waals surface area (Å²) in [5.41, 5.74) is 3.06. The number of hydrogen-bond donors (Lipinski definition) is 0. The summed E-state index contributed by atoms with van der Waals surface area (Å²) in [6.45, 7) is 7.31. The fourth-order valence-electron chi connectivity index (χ4n) is 3.60. The Morgan fingerprint density at radius 1 is 1.52 bits per heavy atom. The van der Waals surface area contributed by atoms with E-state index in [1.807, 2.05) is 5.51 Å². The number of aromatic nitrogens is 1. The molecule has 128 valence electrons. The van der Waals surface area contributed by atoms with Gasteiger partial charge < -0.3 is 14.5 Å². The molecule has 1 aromatic heterocycles. The number of carbonyl (C=O) groups is 1. The first kappa shape index (κ1) is 16.9. The molecule has 6 heteroatoms. The molecule has 0 radical (unpaired) electrons. The van der Waals surface area contributed by atoms with E-state index < -0.39 is 0 Å². The van der Waals surface area contributed by atoms with Gasteiger partial charge in [-0.3, -0.25) is 4.79 Å². The third-order valence-electron chi connectivity index (χ3n) is 4.94. The minimum atomic E-state index is 0.0973. The van der Waals surface area contributed by atoms with Gasteiger partial charge in [0.25, 0.3) is 0 Å². The highest BCUT2D eigenvalue weighted by atomic mass is 32.1. The molecule has 0 bridgehead atoms. The van der Waals surface area contributed by atoms with E-state index in [4.69, 9.17) is 4.74 Å². The molecule has 3 heterocycles. The molecule has 23 heavy (non-hydrogen) atoms. The number of rotatable bonds is 5. The topological polar surface area (TPSA) is 45.7 Å². The fourth-order valence-corrected chi connectivity index (χ4v) is 4.46. The van der Waals surface area contributed by atoms with Crippen molar-refractivity contribution in [1.29, 1.82) is 0 Å². The third-order valence-corrected chi connectivity index (χ3v) is 5.86. The molecule has 1 amide bonds. The average molecular weight is 337 g/mol. The van der Waals surface area contributed by atoms with Gasteiger partial charge in [-0.25, -0.2) is 4.98 Å². The Labute approximate surface area is 142 Å². The largest absolute Gasteiger partial charge is 0.381 e. The molecule has 1 aromatic rings. The molecular formula is C17H27N3O2S. The minimum absolute atomic E-state index is 0.0973. The van der Waals surface area contributed by atoms with Gasteiger partial charge in [-0.05, 0) is 39.2 Å². The van der Waals surface area contributed by atoms with E-state index in [0.717, 1.165) is 57.7 Å². The minimum Gasteiger partial charge on any atom is -0.381 e. The third kappa shape index (κ3) is 4.31. The summed E-state index contributed by atoms with van der Waals surface area (Å²) in [5.74, 6) is 0.995. The molecule has 5 nitrogen and oxygen atoms in total. The van der Waals surface area contributed by atoms with Crippen molar-refractivity contribution in [2.75, 3.05) is 39.9 Å². The highest BCUT2D eigenvalue weighted by Gasteiger charge is 2.32. The molecule has 2 fully saturated rings. The van der Waals surface area contributed by atoms with Crippen LogP contribution in [0.4, 0.5) is 0 Å². The predicted octanol–water partition coefficient (Wildman–Crippen LogP) is 2.16. The van der Waals surface area contributed by atoms with Crippen LogP contribution in [-0.2, 0) is 16.1 Å². The van der Waals surface area contributed by atoms with E-state index in [0.29, 0.717) is 18.4 Å². The van der Waals surface area contributed by atoms with Gasteiger partial charge in [-0.1, -0.05) is 0 Å². The Hall–Kier alpha value is -0.980. The lowest BCUT2D eigenvalue weighted by Gasteiger charge is -2.27. The highest BCUT2D eigenvalue weighted by Crippen LogP contribution is 2.23. The van der Waals surface area contributed by atoms with Crippen molar-refractivity contribution in [3.63, 3.8) is 0 Å². The summed E-state index contributed by atoms with van der Waals surface area (Å²) >= 11 is 1.73. The van der Waals surface area contributed by atoms with Crippen LogP contribution in [0.1, 0.15) is 29.8 Å². The second-order valence-electron chi connectivity index (χ2n) is 6.91. The first-order valence-electron chi connectivity index (χ1n) is 8.57. The Balaban J connectivity index is 1.45. The normalized spacial score (nSPS) is 25.3. The van der Waals surface area contributed by atoms with Crippen LogP contribution in [0.25, 0.3) is 0 Å². The van der Waals surface area contributed by atoms with E-state index in [1.54, 1.807) is 11.3 Å². The summed E-state index contributed by atoms with van der Waals surface area (Å²) in [6, 6.07) is 0. The van der Waals surface area contributed by atoms with Crippen molar-refractivity contribution in [2.45, 2.75) is 32.7 Å². The Morgan fingerprint density at radius 3 is 3.09 bits per heavy atom. The molecule has 0 saturated carbocycles. The monoisotopic (exact) mass is 337 g/mol. The van der Waals surface area contributed by atoms with Crippen molar-refractivity contribution in [3.8, 4) is 0 Å². The number of aryl methyl sites for hydroxylation is 1. The van der Waals surface area contributed by atoms with Gasteiger partial charge in [0.15, 0.2) is 0 Å². The summed E-state index contributed by atoms with van der Waals surface area (Å²) in [6.07, 6.45) is 3.13. The zero-order valence-electron chi connectivity index (χ0n) is 14.2. The lowest BCUT2D eigenvalue weighted by Crippen LogP contribution is -2.38. The molecule has 2 saturated heterocycles. The molecule has 2 atom stereocenters. The average Bonchev–Trinajstić information content (AvgIpc) is 3.17. The van der Waals surface area contributed by atoms with Crippen LogP contribution >= 0.6 is 11.3 Å². The number of carbonyl (C=O) groups excluding carboxylic acids is 1. The van der Waals surface area contributed by atoms with Crippen LogP contribution < -0.4 is 0 Å². The van der Waals surface area contributed by atoms with E-state index >= 15 is 0 Å². The molecule has 0 aliphatic carbocycles. The van der Waals surface area contributed by atoms with Gasteiger partial charge in [0.2, 0.25) is 5.91 Å². The number of ether oxygens (including phenoxy) is 1. The summed E-state index contributed by atoms with van der Waals surface area (Å²) in [7, 11) is 2.17. The van der Waals surface area contributed by atoms with Crippen LogP contribution in [0.15, 0.2) is 5.51 Å². The van der Waals surface area contributed by atoms with Crippen molar-refractivity contribution >= 4 is 17.2 Å². The SMILES string of the molecule is Cc1ncsc1CN(C)C[C@@H]1CCN(C(=O)[C@H]2CCCOC2)C1. The van der Waals surface area contributed by atoms with Gasteiger partial charge in [0.05, 0.1) is 23.7 Å². The van der Waals surface area contributed by atoms with Crippen molar-refractivity contribution in [1.82, 2.24) is 14.8 Å². The maximum absolute atomic E-state index is 12.6. The number of amides is 1. The zero-order valence-corrected chi connectivity index (χ0v) is 15.0. The van der Waals surface area contributed by atoms with E-state index in [9.17, 15) is 4.79 Å².